The van der Waals surface area contributed by atoms with Gasteiger partial charge in [0.1, 0.15) is 12.1 Å². The monoisotopic (exact) mass is 446 g/mol. The molecule has 0 heterocycles. The Morgan fingerprint density at radius 1 is 1.16 bits per heavy atom. The lowest BCUT2D eigenvalue weighted by molar-refractivity contribution is -0.141. The van der Waals surface area contributed by atoms with Gasteiger partial charge in [-0.3, -0.25) is 9.59 Å². The molecule has 3 aliphatic carbocycles. The molecule has 0 bridgehead atoms. The van der Waals surface area contributed by atoms with Crippen molar-refractivity contribution in [3.63, 3.8) is 0 Å². The largest absolute Gasteiger partial charge is 0.501 e. The smallest absolute Gasteiger partial charge is 0.242 e. The van der Waals surface area contributed by atoms with Crippen LogP contribution in [0.25, 0.3) is 0 Å². The lowest BCUT2D eigenvalue weighted by atomic mass is 9.94. The fourth-order valence-corrected chi connectivity index (χ4v) is 4.03. The van der Waals surface area contributed by atoms with Gasteiger partial charge in [-0.2, -0.15) is 0 Å². The van der Waals surface area contributed by atoms with Gasteiger partial charge in [-0.25, -0.2) is 0 Å². The van der Waals surface area contributed by atoms with E-state index in [2.05, 4.69) is 10.6 Å². The van der Waals surface area contributed by atoms with Gasteiger partial charge in [-0.05, 0) is 37.7 Å². The number of aliphatic hydroxyl groups excluding tert-OH is 2. The summed E-state index contributed by atoms with van der Waals surface area (Å²) < 4.78 is 5.24. The first kappa shape index (κ1) is 24.2. The van der Waals surface area contributed by atoms with E-state index in [4.69, 9.17) is 4.74 Å². The van der Waals surface area contributed by atoms with Crippen molar-refractivity contribution in [1.82, 2.24) is 10.6 Å². The first-order valence-corrected chi connectivity index (χ1v) is 11.3. The number of amides is 2. The Morgan fingerprint density at radius 2 is 1.94 bits per heavy atom. The molecule has 0 spiro atoms. The van der Waals surface area contributed by atoms with Crippen molar-refractivity contribution in [3.8, 4) is 0 Å². The summed E-state index contributed by atoms with van der Waals surface area (Å²) in [7, 11) is 1.56. The predicted molar refractivity (Wildman–Crippen MR) is 119 cm³/mol. The van der Waals surface area contributed by atoms with Crippen LogP contribution in [0.15, 0.2) is 47.8 Å². The highest BCUT2D eigenvalue weighted by Gasteiger charge is 2.35. The lowest BCUT2D eigenvalue weighted by Gasteiger charge is -2.29. The first-order valence-electron chi connectivity index (χ1n) is 11.3. The minimum Gasteiger partial charge on any atom is -0.501 e. The summed E-state index contributed by atoms with van der Waals surface area (Å²) >= 11 is 0. The van der Waals surface area contributed by atoms with Crippen LogP contribution in [0.5, 0.6) is 0 Å². The van der Waals surface area contributed by atoms with Crippen LogP contribution in [0.4, 0.5) is 0 Å². The fraction of sp³-hybridized carbons (Fsp3) is 0.583. The number of ether oxygens (including phenoxy) is 1. The molecule has 0 aromatic rings. The molecule has 4 unspecified atom stereocenters. The van der Waals surface area contributed by atoms with Crippen LogP contribution >= 0.6 is 0 Å². The van der Waals surface area contributed by atoms with Crippen molar-refractivity contribution < 1.29 is 29.6 Å². The molecule has 8 nitrogen and oxygen atoms in total. The predicted octanol–water partition coefficient (Wildman–Crippen LogP) is 1.20. The van der Waals surface area contributed by atoms with Crippen molar-refractivity contribution in [1.29, 1.82) is 0 Å². The number of carbonyl (C=O) groups is 2. The van der Waals surface area contributed by atoms with Crippen LogP contribution in [-0.2, 0) is 14.3 Å². The zero-order valence-corrected chi connectivity index (χ0v) is 18.4. The van der Waals surface area contributed by atoms with E-state index in [-0.39, 0.29) is 5.91 Å². The minimum atomic E-state index is -1.98. The third-order valence-corrected chi connectivity index (χ3v) is 6.17. The van der Waals surface area contributed by atoms with Crippen LogP contribution in [0.1, 0.15) is 44.9 Å². The van der Waals surface area contributed by atoms with Crippen LogP contribution in [0, 0.1) is 11.8 Å². The van der Waals surface area contributed by atoms with Crippen molar-refractivity contribution in [2.24, 2.45) is 11.8 Å². The standard InChI is InChI=1S/C24H34N2O6/c1-32-18-9-5-8-17(14-18)22(28)26-20(13-16-10-11-16)23(29)25-19(21(27)24(30)31)12-15-6-3-2-4-7-15/h2-3,5-6,8-9,16-17,19-21,24,27,30-31H,4,7,10-14H2,1H3,(H,25,29)(H,26,28). The third kappa shape index (κ3) is 7.05. The van der Waals surface area contributed by atoms with Crippen LogP contribution in [0.2, 0.25) is 0 Å². The number of nitrogens with one attached hydrogen (secondary N) is 2. The van der Waals surface area contributed by atoms with Gasteiger partial charge in [-0.1, -0.05) is 48.8 Å². The zero-order chi connectivity index (χ0) is 23.1. The maximum absolute atomic E-state index is 13.1. The molecule has 0 aromatic heterocycles. The van der Waals surface area contributed by atoms with Crippen LogP contribution < -0.4 is 10.6 Å². The second-order valence-corrected chi connectivity index (χ2v) is 8.79. The Bertz CT molecular complexity index is 796. The third-order valence-electron chi connectivity index (χ3n) is 6.17. The summed E-state index contributed by atoms with van der Waals surface area (Å²) in [6.45, 7) is 0. The van der Waals surface area contributed by atoms with E-state index >= 15 is 0 Å². The van der Waals surface area contributed by atoms with Crippen LogP contribution in [-0.4, -0.2) is 58.7 Å². The summed E-state index contributed by atoms with van der Waals surface area (Å²) in [5, 5.41) is 35.0. The number of allylic oxidation sites excluding steroid dienone is 6. The molecule has 32 heavy (non-hydrogen) atoms. The SMILES string of the molecule is COC1=CC=CC(C(=O)NC(CC2CC2)C(=O)NC(CC2=CC=CCC2)C(O)C(O)O)C1. The highest BCUT2D eigenvalue weighted by molar-refractivity contribution is 5.89. The second-order valence-electron chi connectivity index (χ2n) is 8.79. The van der Waals surface area contributed by atoms with Gasteiger partial charge >= 0.3 is 0 Å². The maximum atomic E-state index is 13.1. The molecule has 2 amide bonds. The van der Waals surface area contributed by atoms with E-state index < -0.39 is 36.3 Å². The number of rotatable bonds is 11. The molecule has 1 saturated carbocycles. The van der Waals surface area contributed by atoms with Gasteiger partial charge in [0.15, 0.2) is 6.29 Å². The summed E-state index contributed by atoms with van der Waals surface area (Å²) in [6, 6.07) is -1.64. The number of hydrogen-bond donors (Lipinski definition) is 5. The molecule has 0 radical (unpaired) electrons. The molecule has 0 aliphatic heterocycles. The van der Waals surface area contributed by atoms with Gasteiger partial charge < -0.3 is 30.7 Å². The van der Waals surface area contributed by atoms with Gasteiger partial charge in [0.05, 0.1) is 24.8 Å². The van der Waals surface area contributed by atoms with E-state index in [1.807, 2.05) is 18.2 Å². The molecule has 176 valence electrons. The van der Waals surface area contributed by atoms with E-state index in [0.29, 0.717) is 30.9 Å². The molecular formula is C24H34N2O6. The van der Waals surface area contributed by atoms with Crippen LogP contribution in [0.3, 0.4) is 0 Å². The number of carbonyl (C=O) groups excluding carboxylic acids is 2. The molecule has 8 heteroatoms. The Kier molecular flexibility index (Phi) is 8.67. The summed E-state index contributed by atoms with van der Waals surface area (Å²) in [6.07, 6.45) is 12.6. The molecule has 4 atom stereocenters. The van der Waals surface area contributed by atoms with Gasteiger partial charge in [0.25, 0.3) is 0 Å². The highest BCUT2D eigenvalue weighted by Crippen LogP contribution is 2.34. The highest BCUT2D eigenvalue weighted by atomic mass is 16.5. The molecule has 1 fully saturated rings. The summed E-state index contributed by atoms with van der Waals surface area (Å²) in [4.78, 5) is 26.0. The van der Waals surface area contributed by atoms with E-state index in [0.717, 1.165) is 31.3 Å². The normalized spacial score (nSPS) is 23.1. The summed E-state index contributed by atoms with van der Waals surface area (Å²) in [5.41, 5.74) is 1.01. The van der Waals surface area contributed by atoms with E-state index in [1.54, 1.807) is 25.3 Å². The summed E-state index contributed by atoms with van der Waals surface area (Å²) in [5.74, 6) is -0.0382. The molecule has 3 rings (SSSR count). The molecule has 0 saturated heterocycles. The number of hydrogen-bond acceptors (Lipinski definition) is 6. The Balaban J connectivity index is 1.66. The van der Waals surface area contributed by atoms with Gasteiger partial charge in [0.2, 0.25) is 11.8 Å². The van der Waals surface area contributed by atoms with Gasteiger partial charge in [0, 0.05) is 6.42 Å². The second kappa shape index (κ2) is 11.4. The fourth-order valence-electron chi connectivity index (χ4n) is 4.03. The Labute approximate surface area is 188 Å². The van der Waals surface area contributed by atoms with Crippen molar-refractivity contribution in [2.45, 2.75) is 69.4 Å². The first-order chi connectivity index (χ1) is 15.4. The number of aliphatic hydroxyl groups is 3. The van der Waals surface area contributed by atoms with Gasteiger partial charge in [-0.15, -0.1) is 0 Å². The van der Waals surface area contributed by atoms with E-state index in [1.165, 1.54) is 0 Å². The topological polar surface area (TPSA) is 128 Å². The van der Waals surface area contributed by atoms with E-state index in [9.17, 15) is 24.9 Å². The minimum absolute atomic E-state index is 0.260. The zero-order valence-electron chi connectivity index (χ0n) is 18.4. The Hall–Kier alpha value is -2.42. The molecule has 3 aliphatic rings. The molecule has 0 aromatic carbocycles. The average Bonchev–Trinajstić information content (AvgIpc) is 3.62. The van der Waals surface area contributed by atoms with Crippen molar-refractivity contribution in [2.75, 3.05) is 7.11 Å². The average molecular weight is 447 g/mol. The quantitative estimate of drug-likeness (QED) is 0.304. The molecule has 5 N–H and O–H groups in total. The maximum Gasteiger partial charge on any atom is 0.242 e. The molecular weight excluding hydrogens is 412 g/mol. The lowest BCUT2D eigenvalue weighted by Crippen LogP contribution is -2.55. The Morgan fingerprint density at radius 3 is 2.56 bits per heavy atom. The van der Waals surface area contributed by atoms with Crippen molar-refractivity contribution >= 4 is 11.8 Å². The van der Waals surface area contributed by atoms with Crippen molar-refractivity contribution in [3.05, 3.63) is 47.8 Å². The number of methoxy groups -OCH3 is 1.